The van der Waals surface area contributed by atoms with E-state index in [2.05, 4.69) is 0 Å². The number of aliphatic hydroxyl groups is 1. The minimum absolute atomic E-state index is 0. The van der Waals surface area contributed by atoms with Crippen molar-refractivity contribution in [2.24, 2.45) is 0 Å². The Morgan fingerprint density at radius 3 is 2.30 bits per heavy atom. The van der Waals surface area contributed by atoms with Crippen LogP contribution in [0.4, 0.5) is 0 Å². The summed E-state index contributed by atoms with van der Waals surface area (Å²) in [5, 5.41) is 8.52. The van der Waals surface area contributed by atoms with Crippen LogP contribution in [0.2, 0.25) is 0 Å². The Morgan fingerprint density at radius 2 is 1.80 bits per heavy atom. The van der Waals surface area contributed by atoms with Crippen LogP contribution in [0.3, 0.4) is 0 Å². The summed E-state index contributed by atoms with van der Waals surface area (Å²) >= 11 is 0. The summed E-state index contributed by atoms with van der Waals surface area (Å²) in [4.78, 5) is 0. The van der Waals surface area contributed by atoms with E-state index in [0.717, 1.165) is 6.42 Å². The predicted molar refractivity (Wildman–Crippen MR) is 45.2 cm³/mol. The topological polar surface area (TPSA) is 20.2 Å². The molecule has 0 fully saturated rings. The molecule has 0 bridgehead atoms. The minimum atomic E-state index is 0. The average Bonchev–Trinajstić information content (AvgIpc) is 1.91. The molecule has 0 atom stereocenters. The van der Waals surface area contributed by atoms with Gasteiger partial charge in [0.25, 0.3) is 0 Å². The maximum atomic E-state index is 8.52. The van der Waals surface area contributed by atoms with Crippen molar-refractivity contribution >= 4 is 23.1 Å². The van der Waals surface area contributed by atoms with Gasteiger partial charge in [-0.05, 0) is 12.0 Å². The van der Waals surface area contributed by atoms with Gasteiger partial charge in [0, 0.05) is 6.61 Å². The molecule has 0 radical (unpaired) electrons. The molecule has 0 saturated heterocycles. The molecule has 0 aromatic heterocycles. The van der Waals surface area contributed by atoms with Crippen molar-refractivity contribution in [2.75, 3.05) is 6.61 Å². The van der Waals surface area contributed by atoms with Gasteiger partial charge in [-0.2, -0.15) is 0 Å². The Hall–Kier alpha value is -0.0538. The Morgan fingerprint density at radius 1 is 1.20 bits per heavy atom. The van der Waals surface area contributed by atoms with E-state index in [-0.39, 0.29) is 32.5 Å². The second-order valence-electron chi connectivity index (χ2n) is 1.96. The molecule has 52 valence electrons. The molecule has 0 saturated carbocycles. The summed E-state index contributed by atoms with van der Waals surface area (Å²) in [5.41, 5.74) is 1.19. The van der Waals surface area contributed by atoms with E-state index in [0.29, 0.717) is 0 Å². The van der Waals surface area contributed by atoms with Gasteiger partial charge >= 0.3 is 23.1 Å². The number of benzene rings is 1. The zero-order valence-corrected chi connectivity index (χ0v) is 7.37. The van der Waals surface area contributed by atoms with Crippen molar-refractivity contribution in [3.05, 3.63) is 35.9 Å². The fraction of sp³-hybridized carbons (Fsp3) is 0.250. The Labute approximate surface area is 80.2 Å². The molecule has 2 heteroatoms. The summed E-state index contributed by atoms with van der Waals surface area (Å²) in [6.07, 6.45) is 0.765. The molecule has 0 amide bonds. The second kappa shape index (κ2) is 5.71. The molecule has 1 aromatic rings. The van der Waals surface area contributed by atoms with Gasteiger partial charge in [0.05, 0.1) is 0 Å². The van der Waals surface area contributed by atoms with Crippen molar-refractivity contribution in [2.45, 2.75) is 6.42 Å². The maximum absolute atomic E-state index is 8.52. The maximum Gasteiger partial charge on any atom is 2.00 e. The summed E-state index contributed by atoms with van der Waals surface area (Å²) in [6, 6.07) is 9.95. The molecule has 0 spiro atoms. The summed E-state index contributed by atoms with van der Waals surface area (Å²) in [6.45, 7) is 0.240. The number of rotatable bonds is 2. The van der Waals surface area contributed by atoms with Crippen LogP contribution in [-0.2, 0) is 6.42 Å². The molecule has 1 nitrogen and oxygen atoms in total. The molecule has 1 rings (SSSR count). The quantitative estimate of drug-likeness (QED) is 0.622. The minimum Gasteiger partial charge on any atom is -1.00 e. The van der Waals surface area contributed by atoms with Crippen LogP contribution >= 0.6 is 0 Å². The SMILES string of the molecule is OCCc1ccccc1.[H-].[H-].[Mg+2]. The van der Waals surface area contributed by atoms with Gasteiger partial charge in [-0.1, -0.05) is 30.3 Å². The molecular weight excluding hydrogens is 136 g/mol. The molecule has 0 aliphatic carbocycles. The third-order valence-corrected chi connectivity index (χ3v) is 1.24. The van der Waals surface area contributed by atoms with Gasteiger partial charge in [-0.25, -0.2) is 0 Å². The first-order chi connectivity index (χ1) is 4.43. The monoisotopic (exact) mass is 148 g/mol. The van der Waals surface area contributed by atoms with E-state index in [4.69, 9.17) is 5.11 Å². The van der Waals surface area contributed by atoms with E-state index < -0.39 is 0 Å². The van der Waals surface area contributed by atoms with Crippen molar-refractivity contribution in [3.8, 4) is 0 Å². The first kappa shape index (κ1) is 9.95. The number of aliphatic hydroxyl groups excluding tert-OH is 1. The molecule has 0 aliphatic rings. The fourth-order valence-electron chi connectivity index (χ4n) is 0.774. The molecule has 1 N–H and O–H groups in total. The predicted octanol–water partition coefficient (Wildman–Crippen LogP) is 1.07. The van der Waals surface area contributed by atoms with Crippen LogP contribution in [0.15, 0.2) is 30.3 Å². The third-order valence-electron chi connectivity index (χ3n) is 1.24. The number of hydrogen-bond donors (Lipinski definition) is 1. The molecular formula is C8H12MgO. The summed E-state index contributed by atoms with van der Waals surface area (Å²) in [7, 11) is 0. The van der Waals surface area contributed by atoms with Gasteiger partial charge in [-0.15, -0.1) is 0 Å². The van der Waals surface area contributed by atoms with Crippen molar-refractivity contribution in [1.82, 2.24) is 0 Å². The van der Waals surface area contributed by atoms with Crippen molar-refractivity contribution in [1.29, 1.82) is 0 Å². The number of hydrogen-bond acceptors (Lipinski definition) is 1. The Kier molecular flexibility index (Phi) is 5.68. The van der Waals surface area contributed by atoms with E-state index in [1.54, 1.807) is 0 Å². The van der Waals surface area contributed by atoms with Crippen LogP contribution < -0.4 is 0 Å². The summed E-state index contributed by atoms with van der Waals surface area (Å²) < 4.78 is 0. The van der Waals surface area contributed by atoms with Crippen LogP contribution in [0.1, 0.15) is 8.42 Å². The summed E-state index contributed by atoms with van der Waals surface area (Å²) in [5.74, 6) is 0. The zero-order chi connectivity index (χ0) is 6.53. The van der Waals surface area contributed by atoms with Gasteiger partial charge in [0.15, 0.2) is 0 Å². The second-order valence-corrected chi connectivity index (χ2v) is 1.96. The van der Waals surface area contributed by atoms with E-state index in [1.165, 1.54) is 5.56 Å². The first-order valence-corrected chi connectivity index (χ1v) is 3.08. The molecule has 0 heterocycles. The van der Waals surface area contributed by atoms with Crippen LogP contribution in [0, 0.1) is 0 Å². The van der Waals surface area contributed by atoms with E-state index in [1.807, 2.05) is 30.3 Å². The van der Waals surface area contributed by atoms with Gasteiger partial charge < -0.3 is 7.96 Å². The van der Waals surface area contributed by atoms with E-state index >= 15 is 0 Å². The molecule has 1 aromatic carbocycles. The fourth-order valence-corrected chi connectivity index (χ4v) is 0.774. The van der Waals surface area contributed by atoms with Gasteiger partial charge in [0.2, 0.25) is 0 Å². The Balaban J connectivity index is -0.000000270. The third kappa shape index (κ3) is 3.20. The first-order valence-electron chi connectivity index (χ1n) is 3.08. The normalized spacial score (nSPS) is 8.50. The zero-order valence-electron chi connectivity index (χ0n) is 7.96. The standard InChI is InChI=1S/C8H10O.Mg.2H/c9-7-6-8-4-2-1-3-5-8;;;/h1-5,9H,6-7H2;;;/q;+2;2*-1. The van der Waals surface area contributed by atoms with Crippen molar-refractivity contribution in [3.63, 3.8) is 0 Å². The van der Waals surface area contributed by atoms with Crippen LogP contribution in [-0.4, -0.2) is 34.8 Å². The van der Waals surface area contributed by atoms with Gasteiger partial charge in [-0.3, -0.25) is 0 Å². The smallest absolute Gasteiger partial charge is 1.00 e. The van der Waals surface area contributed by atoms with Crippen LogP contribution in [0.5, 0.6) is 0 Å². The Bertz CT molecular complexity index is 170. The molecule has 0 unspecified atom stereocenters. The average molecular weight is 148 g/mol. The largest absolute Gasteiger partial charge is 2.00 e. The molecule has 0 aliphatic heterocycles. The van der Waals surface area contributed by atoms with Gasteiger partial charge in [0.1, 0.15) is 0 Å². The van der Waals surface area contributed by atoms with E-state index in [9.17, 15) is 0 Å². The molecule has 10 heavy (non-hydrogen) atoms. The van der Waals surface area contributed by atoms with Crippen LogP contribution in [0.25, 0.3) is 0 Å². The van der Waals surface area contributed by atoms with Crippen molar-refractivity contribution < 1.29 is 7.96 Å².